The van der Waals surface area contributed by atoms with Gasteiger partial charge >= 0.3 is 0 Å². The van der Waals surface area contributed by atoms with Crippen LogP contribution in [0.5, 0.6) is 0 Å². The predicted molar refractivity (Wildman–Crippen MR) is 46.2 cm³/mol. The highest BCUT2D eigenvalue weighted by Crippen LogP contribution is 2.16. The van der Waals surface area contributed by atoms with Gasteiger partial charge in [-0.05, 0) is 30.4 Å². The second-order valence-corrected chi connectivity index (χ2v) is 3.23. The fourth-order valence-electron chi connectivity index (χ4n) is 0.846. The van der Waals surface area contributed by atoms with E-state index in [2.05, 4.69) is 24.3 Å². The molecule has 1 aromatic rings. The Hall–Kier alpha value is -0.740. The van der Waals surface area contributed by atoms with Gasteiger partial charge in [0.1, 0.15) is 0 Å². The third kappa shape index (κ3) is 1.62. The molecule has 1 heterocycles. The Labute approximate surface area is 65.9 Å². The minimum absolute atomic E-state index is 0.862. The molecule has 0 atom stereocenters. The largest absolute Gasteiger partial charge is 0.149 e. The zero-order valence-corrected chi connectivity index (χ0v) is 6.87. The maximum absolute atomic E-state index is 5.15. The summed E-state index contributed by atoms with van der Waals surface area (Å²) in [5.74, 6) is 2.64. The van der Waals surface area contributed by atoms with Gasteiger partial charge in [0, 0.05) is 11.3 Å². The Morgan fingerprint density at radius 1 is 1.70 bits per heavy atom. The van der Waals surface area contributed by atoms with Crippen LogP contribution in [0.1, 0.15) is 16.9 Å². The fourth-order valence-corrected chi connectivity index (χ4v) is 1.76. The number of rotatable bonds is 2. The van der Waals surface area contributed by atoms with Gasteiger partial charge < -0.3 is 0 Å². The van der Waals surface area contributed by atoms with E-state index in [9.17, 15) is 0 Å². The third-order valence-electron chi connectivity index (χ3n) is 1.46. The maximum atomic E-state index is 5.15. The normalized spacial score (nSPS) is 9.20. The molecule has 0 aliphatic heterocycles. The van der Waals surface area contributed by atoms with E-state index in [0.29, 0.717) is 0 Å². The van der Waals surface area contributed by atoms with Crippen LogP contribution in [0, 0.1) is 19.3 Å². The van der Waals surface area contributed by atoms with Gasteiger partial charge in [0.2, 0.25) is 0 Å². The van der Waals surface area contributed by atoms with Crippen LogP contribution in [0.25, 0.3) is 0 Å². The zero-order valence-electron chi connectivity index (χ0n) is 6.05. The lowest BCUT2D eigenvalue weighted by Gasteiger charge is -1.92. The first-order chi connectivity index (χ1) is 4.84. The zero-order chi connectivity index (χ0) is 7.40. The average Bonchev–Trinajstić information content (AvgIpc) is 2.31. The average molecular weight is 150 g/mol. The summed E-state index contributed by atoms with van der Waals surface area (Å²) < 4.78 is 0. The molecule has 0 saturated carbocycles. The topological polar surface area (TPSA) is 0 Å². The summed E-state index contributed by atoms with van der Waals surface area (Å²) in [5.41, 5.74) is 1.38. The molecule has 1 rings (SSSR count). The summed E-state index contributed by atoms with van der Waals surface area (Å²) in [7, 11) is 0. The van der Waals surface area contributed by atoms with Gasteiger partial charge in [-0.1, -0.05) is 0 Å². The van der Waals surface area contributed by atoms with Gasteiger partial charge in [0.15, 0.2) is 0 Å². The van der Waals surface area contributed by atoms with Crippen molar-refractivity contribution in [2.75, 3.05) is 0 Å². The van der Waals surface area contributed by atoms with Gasteiger partial charge in [-0.3, -0.25) is 0 Å². The van der Waals surface area contributed by atoms with Gasteiger partial charge in [0.05, 0.1) is 0 Å². The van der Waals surface area contributed by atoms with E-state index in [4.69, 9.17) is 6.42 Å². The highest BCUT2D eigenvalue weighted by atomic mass is 32.1. The highest BCUT2D eigenvalue weighted by Gasteiger charge is 1.96. The number of thiophene rings is 1. The van der Waals surface area contributed by atoms with Crippen molar-refractivity contribution in [3.63, 3.8) is 0 Å². The van der Waals surface area contributed by atoms with Crippen LogP contribution in [0.2, 0.25) is 0 Å². The van der Waals surface area contributed by atoms with E-state index in [1.165, 1.54) is 10.4 Å². The number of aryl methyl sites for hydroxylation is 2. The quantitative estimate of drug-likeness (QED) is 0.568. The van der Waals surface area contributed by atoms with Crippen molar-refractivity contribution in [1.29, 1.82) is 0 Å². The van der Waals surface area contributed by atoms with E-state index in [1.807, 2.05) is 0 Å². The fraction of sp³-hybridized carbons (Fsp3) is 0.333. The van der Waals surface area contributed by atoms with Gasteiger partial charge in [-0.2, -0.15) is 0 Å². The van der Waals surface area contributed by atoms with Crippen LogP contribution < -0.4 is 0 Å². The Kier molecular flexibility index (Phi) is 2.53. The van der Waals surface area contributed by atoms with Crippen LogP contribution in [0.4, 0.5) is 0 Å². The van der Waals surface area contributed by atoms with E-state index < -0.39 is 0 Å². The van der Waals surface area contributed by atoms with Crippen LogP contribution in [-0.2, 0) is 6.42 Å². The first-order valence-corrected chi connectivity index (χ1v) is 4.19. The molecule has 10 heavy (non-hydrogen) atoms. The number of hydrogen-bond donors (Lipinski definition) is 0. The van der Waals surface area contributed by atoms with E-state index in [1.54, 1.807) is 11.3 Å². The number of hydrogen-bond acceptors (Lipinski definition) is 1. The molecule has 0 aliphatic carbocycles. The van der Waals surface area contributed by atoms with E-state index in [-0.39, 0.29) is 0 Å². The molecule has 0 aromatic carbocycles. The molecule has 0 radical (unpaired) electrons. The monoisotopic (exact) mass is 150 g/mol. The lowest BCUT2D eigenvalue weighted by Crippen LogP contribution is -1.79. The van der Waals surface area contributed by atoms with Crippen molar-refractivity contribution >= 4 is 11.3 Å². The Balaban J connectivity index is 2.59. The van der Waals surface area contributed by atoms with E-state index >= 15 is 0 Å². The molecule has 0 fully saturated rings. The Morgan fingerprint density at radius 3 is 3.00 bits per heavy atom. The summed E-state index contributed by atoms with van der Waals surface area (Å²) >= 11 is 1.79. The van der Waals surface area contributed by atoms with Crippen molar-refractivity contribution in [3.8, 4) is 12.3 Å². The summed E-state index contributed by atoms with van der Waals surface area (Å²) in [4.78, 5) is 1.43. The van der Waals surface area contributed by atoms with Crippen molar-refractivity contribution in [2.45, 2.75) is 19.8 Å². The summed E-state index contributed by atoms with van der Waals surface area (Å²) in [6, 6.07) is 2.14. The first kappa shape index (κ1) is 7.37. The molecule has 0 N–H and O–H groups in total. The first-order valence-electron chi connectivity index (χ1n) is 3.31. The lowest BCUT2D eigenvalue weighted by atomic mass is 10.2. The van der Waals surface area contributed by atoms with Gasteiger partial charge in [-0.25, -0.2) is 0 Å². The number of terminal acetylenes is 1. The maximum Gasteiger partial charge on any atom is 0.0134 e. The molecule has 52 valence electrons. The second-order valence-electron chi connectivity index (χ2n) is 2.23. The second kappa shape index (κ2) is 3.43. The minimum atomic E-state index is 0.862. The summed E-state index contributed by atoms with van der Waals surface area (Å²) in [5, 5.41) is 2.11. The van der Waals surface area contributed by atoms with Gasteiger partial charge in [0.25, 0.3) is 0 Å². The molecule has 0 saturated heterocycles. The van der Waals surface area contributed by atoms with Crippen LogP contribution >= 0.6 is 11.3 Å². The molecule has 0 spiro atoms. The van der Waals surface area contributed by atoms with E-state index in [0.717, 1.165) is 12.8 Å². The standard InChI is InChI=1S/C9H10S/c1-3-4-5-9-8(2)6-7-10-9/h1,6-7H,4-5H2,2H3. The van der Waals surface area contributed by atoms with Gasteiger partial charge in [-0.15, -0.1) is 23.7 Å². The molecule has 0 unspecified atom stereocenters. The molecule has 1 aromatic heterocycles. The smallest absolute Gasteiger partial charge is 0.0134 e. The SMILES string of the molecule is C#CCCc1sccc1C. The molecule has 0 bridgehead atoms. The Bertz CT molecular complexity index is 239. The van der Waals surface area contributed by atoms with Crippen molar-refractivity contribution < 1.29 is 0 Å². The minimum Gasteiger partial charge on any atom is -0.149 e. The molecular weight excluding hydrogens is 140 g/mol. The molecule has 0 aliphatic rings. The molecule has 1 heteroatoms. The molecule has 0 nitrogen and oxygen atoms in total. The van der Waals surface area contributed by atoms with Crippen molar-refractivity contribution in [2.24, 2.45) is 0 Å². The van der Waals surface area contributed by atoms with Crippen LogP contribution in [0.15, 0.2) is 11.4 Å². The summed E-state index contributed by atoms with van der Waals surface area (Å²) in [6.45, 7) is 2.13. The molecular formula is C9H10S. The molecule has 0 amide bonds. The van der Waals surface area contributed by atoms with Crippen LogP contribution in [-0.4, -0.2) is 0 Å². The third-order valence-corrected chi connectivity index (χ3v) is 2.55. The summed E-state index contributed by atoms with van der Waals surface area (Å²) in [6.07, 6.45) is 7.05. The predicted octanol–water partition coefficient (Wildman–Crippen LogP) is 2.62. The van der Waals surface area contributed by atoms with Crippen molar-refractivity contribution in [3.05, 3.63) is 21.9 Å². The van der Waals surface area contributed by atoms with Crippen molar-refractivity contribution in [1.82, 2.24) is 0 Å². The van der Waals surface area contributed by atoms with Crippen LogP contribution in [0.3, 0.4) is 0 Å². The lowest BCUT2D eigenvalue weighted by molar-refractivity contribution is 1.04. The Morgan fingerprint density at radius 2 is 2.50 bits per heavy atom. The highest BCUT2D eigenvalue weighted by molar-refractivity contribution is 7.10.